The minimum Gasteiger partial charge on any atom is -0.473 e. The molecule has 1 rings (SSSR count). The molecule has 0 aromatic carbocycles. The molecule has 88 valence electrons. The summed E-state index contributed by atoms with van der Waals surface area (Å²) in [4.78, 5) is 8.53. The number of nitrogens with two attached hydrogens (primary N) is 1. The van der Waals surface area contributed by atoms with Gasteiger partial charge in [-0.05, 0) is 6.92 Å². The third-order valence-corrected chi connectivity index (χ3v) is 1.96. The highest BCUT2D eigenvalue weighted by Gasteiger charge is 2.18. The van der Waals surface area contributed by atoms with E-state index < -0.39 is 0 Å². The van der Waals surface area contributed by atoms with Crippen LogP contribution in [0.1, 0.15) is 33.5 Å². The maximum atomic E-state index is 5.71. The summed E-state index contributed by atoms with van der Waals surface area (Å²) in [6, 6.07) is 1.64. The standard InChI is InChI=1S/C12H19N3O/c1-5-6-7-16-10-8-9(13)14-11(15-10)12(2,3)4/h5-6,8H,7H2,1-4H3,(H2,13,14,15)/b6-5+. The smallest absolute Gasteiger partial charge is 0.219 e. The number of rotatable bonds is 3. The topological polar surface area (TPSA) is 61.0 Å². The summed E-state index contributed by atoms with van der Waals surface area (Å²) in [5.41, 5.74) is 5.58. The molecule has 0 saturated heterocycles. The molecule has 0 unspecified atom stereocenters. The van der Waals surface area contributed by atoms with Gasteiger partial charge < -0.3 is 10.5 Å². The summed E-state index contributed by atoms with van der Waals surface area (Å²) in [5, 5.41) is 0. The number of anilines is 1. The number of allylic oxidation sites excluding steroid dienone is 1. The fourth-order valence-corrected chi connectivity index (χ4v) is 1.08. The quantitative estimate of drug-likeness (QED) is 0.796. The fourth-order valence-electron chi connectivity index (χ4n) is 1.08. The molecule has 0 radical (unpaired) electrons. The first-order valence-electron chi connectivity index (χ1n) is 5.32. The number of hydrogen-bond acceptors (Lipinski definition) is 4. The van der Waals surface area contributed by atoms with E-state index in [-0.39, 0.29) is 5.41 Å². The van der Waals surface area contributed by atoms with Crippen LogP contribution in [0.15, 0.2) is 18.2 Å². The second-order valence-corrected chi connectivity index (χ2v) is 4.58. The molecule has 0 spiro atoms. The molecule has 0 aliphatic heterocycles. The van der Waals surface area contributed by atoms with Crippen molar-refractivity contribution in [1.82, 2.24) is 9.97 Å². The Morgan fingerprint density at radius 2 is 2.06 bits per heavy atom. The van der Waals surface area contributed by atoms with Crippen LogP contribution in [0, 0.1) is 0 Å². The second-order valence-electron chi connectivity index (χ2n) is 4.58. The van der Waals surface area contributed by atoms with Crippen molar-refractivity contribution in [2.24, 2.45) is 0 Å². The van der Waals surface area contributed by atoms with Gasteiger partial charge in [0.2, 0.25) is 5.88 Å². The zero-order valence-corrected chi connectivity index (χ0v) is 10.3. The summed E-state index contributed by atoms with van der Waals surface area (Å²) in [7, 11) is 0. The van der Waals surface area contributed by atoms with Crippen molar-refractivity contribution >= 4 is 5.82 Å². The molecule has 16 heavy (non-hydrogen) atoms. The van der Waals surface area contributed by atoms with E-state index in [9.17, 15) is 0 Å². The van der Waals surface area contributed by atoms with Crippen LogP contribution in [-0.4, -0.2) is 16.6 Å². The Kier molecular flexibility index (Phi) is 3.88. The molecule has 4 heteroatoms. The highest BCUT2D eigenvalue weighted by Crippen LogP contribution is 2.21. The summed E-state index contributed by atoms with van der Waals surface area (Å²) < 4.78 is 5.45. The van der Waals surface area contributed by atoms with Gasteiger partial charge in [0.15, 0.2) is 0 Å². The lowest BCUT2D eigenvalue weighted by Crippen LogP contribution is -2.17. The average Bonchev–Trinajstić information content (AvgIpc) is 2.16. The van der Waals surface area contributed by atoms with Gasteiger partial charge in [0.05, 0.1) is 0 Å². The van der Waals surface area contributed by atoms with E-state index in [0.717, 1.165) is 0 Å². The normalized spacial score (nSPS) is 12.0. The van der Waals surface area contributed by atoms with Crippen molar-refractivity contribution in [1.29, 1.82) is 0 Å². The summed E-state index contributed by atoms with van der Waals surface area (Å²) in [6.45, 7) is 8.56. The maximum Gasteiger partial charge on any atom is 0.219 e. The summed E-state index contributed by atoms with van der Waals surface area (Å²) in [6.07, 6.45) is 3.84. The van der Waals surface area contributed by atoms with Crippen molar-refractivity contribution in [3.8, 4) is 5.88 Å². The predicted octanol–water partition coefficient (Wildman–Crippen LogP) is 2.31. The molecule has 0 aliphatic carbocycles. The third-order valence-electron chi connectivity index (χ3n) is 1.96. The minimum atomic E-state index is -0.131. The molecule has 0 saturated carbocycles. The van der Waals surface area contributed by atoms with Crippen molar-refractivity contribution in [3.05, 3.63) is 24.0 Å². The van der Waals surface area contributed by atoms with Gasteiger partial charge in [0.1, 0.15) is 18.2 Å². The van der Waals surface area contributed by atoms with E-state index in [1.807, 2.05) is 39.8 Å². The van der Waals surface area contributed by atoms with Gasteiger partial charge in [0, 0.05) is 11.5 Å². The Balaban J connectivity index is 2.90. The second kappa shape index (κ2) is 4.96. The minimum absolute atomic E-state index is 0.131. The van der Waals surface area contributed by atoms with Crippen LogP contribution in [0.4, 0.5) is 5.82 Å². The molecule has 0 bridgehead atoms. The van der Waals surface area contributed by atoms with Crippen LogP contribution in [-0.2, 0) is 5.41 Å². The van der Waals surface area contributed by atoms with Crippen LogP contribution in [0.2, 0.25) is 0 Å². The highest BCUT2D eigenvalue weighted by atomic mass is 16.5. The largest absolute Gasteiger partial charge is 0.473 e. The summed E-state index contributed by atoms with van der Waals surface area (Å²) in [5.74, 6) is 1.66. The van der Waals surface area contributed by atoms with Crippen LogP contribution in [0.5, 0.6) is 5.88 Å². The average molecular weight is 221 g/mol. The van der Waals surface area contributed by atoms with Gasteiger partial charge >= 0.3 is 0 Å². The number of aromatic nitrogens is 2. The van der Waals surface area contributed by atoms with Crippen LogP contribution < -0.4 is 10.5 Å². The molecule has 0 fully saturated rings. The Labute approximate surface area is 96.6 Å². The van der Waals surface area contributed by atoms with Gasteiger partial charge in [-0.1, -0.05) is 32.9 Å². The first-order chi connectivity index (χ1) is 7.43. The molecule has 1 heterocycles. The Morgan fingerprint density at radius 3 is 2.62 bits per heavy atom. The molecular formula is C12H19N3O. The summed E-state index contributed by atoms with van der Waals surface area (Å²) >= 11 is 0. The first kappa shape index (κ1) is 12.5. The van der Waals surface area contributed by atoms with Gasteiger partial charge in [-0.2, -0.15) is 4.98 Å². The van der Waals surface area contributed by atoms with Crippen molar-refractivity contribution in [2.75, 3.05) is 12.3 Å². The van der Waals surface area contributed by atoms with Crippen molar-refractivity contribution < 1.29 is 4.74 Å². The molecule has 0 atom stereocenters. The van der Waals surface area contributed by atoms with E-state index >= 15 is 0 Å². The number of hydrogen-bond donors (Lipinski definition) is 1. The Hall–Kier alpha value is -1.58. The zero-order chi connectivity index (χ0) is 12.2. The van der Waals surface area contributed by atoms with E-state index in [1.54, 1.807) is 6.07 Å². The van der Waals surface area contributed by atoms with Gasteiger partial charge in [0.25, 0.3) is 0 Å². The molecule has 4 nitrogen and oxygen atoms in total. The van der Waals surface area contributed by atoms with Crippen LogP contribution in [0.25, 0.3) is 0 Å². The highest BCUT2D eigenvalue weighted by molar-refractivity contribution is 5.34. The first-order valence-corrected chi connectivity index (χ1v) is 5.32. The zero-order valence-electron chi connectivity index (χ0n) is 10.3. The van der Waals surface area contributed by atoms with E-state index in [1.165, 1.54) is 0 Å². The maximum absolute atomic E-state index is 5.71. The molecule has 2 N–H and O–H groups in total. The lowest BCUT2D eigenvalue weighted by atomic mass is 9.96. The fraction of sp³-hybridized carbons (Fsp3) is 0.500. The third kappa shape index (κ3) is 3.53. The SMILES string of the molecule is C/C=C/COc1cc(N)nc(C(C)(C)C)n1. The molecule has 1 aromatic rings. The Morgan fingerprint density at radius 1 is 1.38 bits per heavy atom. The lowest BCUT2D eigenvalue weighted by molar-refractivity contribution is 0.343. The van der Waals surface area contributed by atoms with Crippen LogP contribution >= 0.6 is 0 Å². The molecular weight excluding hydrogens is 202 g/mol. The number of nitrogens with zero attached hydrogens (tertiary/aromatic N) is 2. The number of nitrogen functional groups attached to an aromatic ring is 1. The van der Waals surface area contributed by atoms with E-state index in [2.05, 4.69) is 9.97 Å². The van der Waals surface area contributed by atoms with Crippen molar-refractivity contribution in [2.45, 2.75) is 33.1 Å². The molecule has 0 aliphatic rings. The van der Waals surface area contributed by atoms with Crippen LogP contribution in [0.3, 0.4) is 0 Å². The van der Waals surface area contributed by atoms with Gasteiger partial charge in [-0.3, -0.25) is 0 Å². The van der Waals surface area contributed by atoms with E-state index in [4.69, 9.17) is 10.5 Å². The Bertz CT molecular complexity index is 380. The van der Waals surface area contributed by atoms with Crippen molar-refractivity contribution in [3.63, 3.8) is 0 Å². The van der Waals surface area contributed by atoms with E-state index in [0.29, 0.717) is 24.1 Å². The number of ether oxygens (including phenoxy) is 1. The molecule has 1 aromatic heterocycles. The lowest BCUT2D eigenvalue weighted by Gasteiger charge is -2.17. The monoisotopic (exact) mass is 221 g/mol. The molecule has 0 amide bonds. The predicted molar refractivity (Wildman–Crippen MR) is 65.5 cm³/mol. The van der Waals surface area contributed by atoms with Gasteiger partial charge in [-0.25, -0.2) is 4.98 Å². The van der Waals surface area contributed by atoms with Gasteiger partial charge in [-0.15, -0.1) is 0 Å².